The molecular formula is C29H31NO5. The first-order valence-corrected chi connectivity index (χ1v) is 11.9. The molecule has 0 saturated heterocycles. The van der Waals surface area contributed by atoms with Crippen molar-refractivity contribution in [3.8, 4) is 17.1 Å². The summed E-state index contributed by atoms with van der Waals surface area (Å²) < 4.78 is 11.5. The van der Waals surface area contributed by atoms with Crippen LogP contribution in [-0.4, -0.2) is 35.5 Å². The summed E-state index contributed by atoms with van der Waals surface area (Å²) in [6.07, 6.45) is 6.55. The Labute approximate surface area is 205 Å². The zero-order chi connectivity index (χ0) is 24.8. The second-order valence-electron chi connectivity index (χ2n) is 9.11. The molecule has 0 bridgehead atoms. The maximum atomic E-state index is 13.1. The van der Waals surface area contributed by atoms with Crippen LogP contribution < -0.4 is 4.74 Å². The number of rotatable bonds is 11. The third kappa shape index (κ3) is 6.63. The van der Waals surface area contributed by atoms with E-state index in [4.69, 9.17) is 14.3 Å². The lowest BCUT2D eigenvalue weighted by molar-refractivity contribution is -0.136. The van der Waals surface area contributed by atoms with Gasteiger partial charge in [0.1, 0.15) is 18.1 Å². The van der Waals surface area contributed by atoms with Crippen molar-refractivity contribution in [2.24, 2.45) is 0 Å². The van der Waals surface area contributed by atoms with Gasteiger partial charge in [-0.25, -0.2) is 0 Å². The number of carboxylic acids is 1. The van der Waals surface area contributed by atoms with E-state index in [0.717, 1.165) is 28.2 Å². The summed E-state index contributed by atoms with van der Waals surface area (Å²) in [6, 6.07) is 17.4. The zero-order valence-corrected chi connectivity index (χ0v) is 20.2. The van der Waals surface area contributed by atoms with Crippen molar-refractivity contribution in [2.75, 3.05) is 13.7 Å². The zero-order valence-electron chi connectivity index (χ0n) is 20.2. The number of nitrogens with zero attached hydrogens (tertiary/aromatic N) is 1. The summed E-state index contributed by atoms with van der Waals surface area (Å²) in [5.41, 5.74) is 4.77. The molecule has 0 radical (unpaired) electrons. The first-order valence-electron chi connectivity index (χ1n) is 11.9. The van der Waals surface area contributed by atoms with Crippen molar-refractivity contribution in [1.29, 1.82) is 0 Å². The molecule has 3 aromatic rings. The fraction of sp³-hybridized carbons (Fsp3) is 0.310. The maximum Gasteiger partial charge on any atom is 0.303 e. The average Bonchev–Trinajstić information content (AvgIpc) is 3.56. The summed E-state index contributed by atoms with van der Waals surface area (Å²) in [5.74, 6) is 1.23. The smallest absolute Gasteiger partial charge is 0.303 e. The minimum Gasteiger partial charge on any atom is -0.489 e. The third-order valence-corrected chi connectivity index (χ3v) is 6.23. The molecule has 1 heterocycles. The highest BCUT2D eigenvalue weighted by Gasteiger charge is 2.25. The first kappa shape index (κ1) is 24.3. The number of benzene rings is 2. The van der Waals surface area contributed by atoms with E-state index < -0.39 is 5.97 Å². The summed E-state index contributed by atoms with van der Waals surface area (Å²) in [7, 11) is 1.80. The molecule has 1 aromatic heterocycles. The minimum absolute atomic E-state index is 0.0665. The number of ether oxygens (including phenoxy) is 1. The van der Waals surface area contributed by atoms with E-state index in [-0.39, 0.29) is 12.3 Å². The molecule has 6 heteroatoms. The van der Waals surface area contributed by atoms with Crippen LogP contribution in [-0.2, 0) is 11.3 Å². The van der Waals surface area contributed by atoms with E-state index in [1.54, 1.807) is 18.2 Å². The number of allylic oxidation sites excluding steroid dienone is 1. The molecule has 1 aliphatic rings. The van der Waals surface area contributed by atoms with Crippen LogP contribution in [0.4, 0.5) is 0 Å². The first-order chi connectivity index (χ1) is 16.9. The number of aliphatic carboxylic acids is 1. The van der Waals surface area contributed by atoms with Gasteiger partial charge >= 0.3 is 5.97 Å². The van der Waals surface area contributed by atoms with Gasteiger partial charge in [-0.3, -0.25) is 9.59 Å². The third-order valence-electron chi connectivity index (χ3n) is 6.23. The molecule has 4 rings (SSSR count). The van der Waals surface area contributed by atoms with Crippen LogP contribution in [0.2, 0.25) is 0 Å². The lowest BCUT2D eigenvalue weighted by Gasteiger charge is -2.20. The van der Waals surface area contributed by atoms with Gasteiger partial charge in [0.15, 0.2) is 0 Å². The predicted molar refractivity (Wildman–Crippen MR) is 134 cm³/mol. The number of furan rings is 1. The van der Waals surface area contributed by atoms with Crippen LogP contribution in [0, 0.1) is 0 Å². The Bertz CT molecular complexity index is 1190. The molecule has 182 valence electrons. The van der Waals surface area contributed by atoms with Gasteiger partial charge < -0.3 is 19.2 Å². The molecule has 1 fully saturated rings. The second-order valence-corrected chi connectivity index (χ2v) is 9.11. The van der Waals surface area contributed by atoms with Crippen molar-refractivity contribution < 1.29 is 23.8 Å². The molecule has 0 unspecified atom stereocenters. The van der Waals surface area contributed by atoms with Crippen LogP contribution >= 0.6 is 0 Å². The van der Waals surface area contributed by atoms with Gasteiger partial charge in [0.05, 0.1) is 6.26 Å². The molecule has 0 atom stereocenters. The van der Waals surface area contributed by atoms with E-state index in [1.165, 1.54) is 18.4 Å². The molecule has 2 aromatic carbocycles. The molecule has 1 amide bonds. The van der Waals surface area contributed by atoms with Gasteiger partial charge in [-0.1, -0.05) is 29.8 Å². The van der Waals surface area contributed by atoms with Crippen LogP contribution in [0.25, 0.3) is 11.3 Å². The molecule has 6 nitrogen and oxygen atoms in total. The highest BCUT2D eigenvalue weighted by molar-refractivity contribution is 5.94. The van der Waals surface area contributed by atoms with Crippen molar-refractivity contribution >= 4 is 11.9 Å². The number of carboxylic acid groups (broad SMARTS) is 1. The number of amides is 1. The maximum absolute atomic E-state index is 13.1. The van der Waals surface area contributed by atoms with Crippen LogP contribution in [0.3, 0.4) is 0 Å². The largest absolute Gasteiger partial charge is 0.489 e. The fourth-order valence-electron chi connectivity index (χ4n) is 3.98. The van der Waals surface area contributed by atoms with Crippen molar-refractivity contribution in [3.05, 3.63) is 89.2 Å². The van der Waals surface area contributed by atoms with Gasteiger partial charge in [0, 0.05) is 36.7 Å². The van der Waals surface area contributed by atoms with Gasteiger partial charge in [-0.05, 0) is 74.1 Å². The number of carbonyl (C=O) groups excluding carboxylic acids is 1. The van der Waals surface area contributed by atoms with E-state index in [0.29, 0.717) is 31.1 Å². The number of hydrogen-bond donors (Lipinski definition) is 1. The molecule has 0 spiro atoms. The fourth-order valence-corrected chi connectivity index (χ4v) is 3.98. The predicted octanol–water partition coefficient (Wildman–Crippen LogP) is 6.29. The Kier molecular flexibility index (Phi) is 7.70. The Morgan fingerprint density at radius 3 is 2.54 bits per heavy atom. The monoisotopic (exact) mass is 473 g/mol. The molecule has 1 saturated carbocycles. The topological polar surface area (TPSA) is 80.0 Å². The highest BCUT2D eigenvalue weighted by Crippen LogP contribution is 2.41. The lowest BCUT2D eigenvalue weighted by atomic mass is 10.0. The quantitative estimate of drug-likeness (QED) is 0.331. The minimum atomic E-state index is -0.806. The molecule has 35 heavy (non-hydrogen) atoms. The summed E-state index contributed by atoms with van der Waals surface area (Å²) in [6.45, 7) is 2.69. The number of hydrogen-bond acceptors (Lipinski definition) is 4. The molecule has 1 N–H and O–H groups in total. The van der Waals surface area contributed by atoms with Gasteiger partial charge in [-0.2, -0.15) is 0 Å². The van der Waals surface area contributed by atoms with E-state index in [2.05, 4.69) is 12.1 Å². The summed E-state index contributed by atoms with van der Waals surface area (Å²) in [5, 5.41) is 8.85. The molecular weight excluding hydrogens is 442 g/mol. The summed E-state index contributed by atoms with van der Waals surface area (Å²) >= 11 is 0. The van der Waals surface area contributed by atoms with E-state index in [9.17, 15) is 9.59 Å². The summed E-state index contributed by atoms with van der Waals surface area (Å²) in [4.78, 5) is 25.6. The van der Waals surface area contributed by atoms with Gasteiger partial charge in [0.25, 0.3) is 5.91 Å². The Balaban J connectivity index is 1.44. The van der Waals surface area contributed by atoms with Crippen LogP contribution in [0.15, 0.2) is 76.9 Å². The molecule has 0 aliphatic heterocycles. The van der Waals surface area contributed by atoms with E-state index in [1.807, 2.05) is 55.5 Å². The standard InChI is InChI=1S/C29H31NO5/c1-20(5-14-28(31)32)15-17-35-27-13-12-24(21-6-7-21)18-25(27)19-30(2)29(33)23-10-8-22(9-11-23)26-4-3-16-34-26/h3-4,8-13,15-16,18,21H,5-7,14,17,19H2,1-2H3,(H,31,32)/b20-15+. The SMILES string of the molecule is C/C(=C\COc1ccc(C2CC2)cc1CN(C)C(=O)c1ccc(-c2ccco2)cc1)CCC(=O)O. The van der Waals surface area contributed by atoms with Crippen molar-refractivity contribution in [2.45, 2.75) is 45.1 Å². The Morgan fingerprint density at radius 2 is 1.89 bits per heavy atom. The van der Waals surface area contributed by atoms with Crippen LogP contribution in [0.5, 0.6) is 5.75 Å². The van der Waals surface area contributed by atoms with E-state index >= 15 is 0 Å². The Hall–Kier alpha value is -3.80. The highest BCUT2D eigenvalue weighted by atomic mass is 16.5. The number of carbonyl (C=O) groups is 2. The molecule has 1 aliphatic carbocycles. The lowest BCUT2D eigenvalue weighted by Crippen LogP contribution is -2.26. The van der Waals surface area contributed by atoms with Crippen LogP contribution in [0.1, 0.15) is 60.0 Å². The Morgan fingerprint density at radius 1 is 1.11 bits per heavy atom. The normalized spacial score (nSPS) is 13.5. The van der Waals surface area contributed by atoms with Crippen molar-refractivity contribution in [3.63, 3.8) is 0 Å². The second kappa shape index (κ2) is 11.1. The van der Waals surface area contributed by atoms with Gasteiger partial charge in [-0.15, -0.1) is 0 Å². The van der Waals surface area contributed by atoms with Crippen molar-refractivity contribution in [1.82, 2.24) is 4.90 Å². The average molecular weight is 474 g/mol. The van der Waals surface area contributed by atoms with Gasteiger partial charge in [0.2, 0.25) is 0 Å².